The summed E-state index contributed by atoms with van der Waals surface area (Å²) in [7, 11) is 0. The first-order valence-corrected chi connectivity index (χ1v) is 7.45. The predicted molar refractivity (Wildman–Crippen MR) is 81.1 cm³/mol. The Kier molecular flexibility index (Phi) is 5.05. The number of hydrogen-bond donors (Lipinski definition) is 1. The first-order valence-electron chi connectivity index (χ1n) is 6.25. The molecule has 0 unspecified atom stereocenters. The molecule has 0 amide bonds. The highest BCUT2D eigenvalue weighted by atomic mass is 35.5. The van der Waals surface area contributed by atoms with Crippen molar-refractivity contribution in [1.82, 2.24) is 9.97 Å². The van der Waals surface area contributed by atoms with Crippen molar-refractivity contribution < 1.29 is 0 Å². The van der Waals surface area contributed by atoms with Crippen LogP contribution in [0.4, 0.5) is 5.82 Å². The van der Waals surface area contributed by atoms with E-state index in [1.165, 1.54) is 0 Å². The van der Waals surface area contributed by atoms with Gasteiger partial charge in [0.15, 0.2) is 0 Å². The first kappa shape index (κ1) is 14.2. The lowest BCUT2D eigenvalue weighted by Gasteiger charge is -2.11. The Morgan fingerprint density at radius 3 is 2.53 bits per heavy atom. The van der Waals surface area contributed by atoms with Gasteiger partial charge in [-0.05, 0) is 37.6 Å². The molecule has 1 aromatic carbocycles. The third-order valence-electron chi connectivity index (χ3n) is 2.63. The molecule has 0 aliphatic heterocycles. The van der Waals surface area contributed by atoms with Crippen molar-refractivity contribution >= 4 is 29.2 Å². The topological polar surface area (TPSA) is 37.8 Å². The van der Waals surface area contributed by atoms with E-state index in [4.69, 9.17) is 11.6 Å². The van der Waals surface area contributed by atoms with Crippen molar-refractivity contribution in [3.8, 4) is 0 Å². The SMILES string of the molecule is CCNc1ncnc(Sc2ccc(Cl)cc2)c1CC. The molecule has 1 aromatic heterocycles. The molecule has 0 atom stereocenters. The molecule has 100 valence electrons. The van der Waals surface area contributed by atoms with Crippen LogP contribution in [-0.2, 0) is 6.42 Å². The van der Waals surface area contributed by atoms with Gasteiger partial charge in [0, 0.05) is 22.0 Å². The molecule has 5 heteroatoms. The minimum Gasteiger partial charge on any atom is -0.370 e. The molecule has 0 fully saturated rings. The predicted octanol–water partition coefficient (Wildman–Crippen LogP) is 4.28. The highest BCUT2D eigenvalue weighted by molar-refractivity contribution is 7.99. The highest BCUT2D eigenvalue weighted by Crippen LogP contribution is 2.32. The molecule has 2 rings (SSSR count). The van der Waals surface area contributed by atoms with Gasteiger partial charge in [0.1, 0.15) is 17.2 Å². The van der Waals surface area contributed by atoms with Crippen LogP contribution in [0.25, 0.3) is 0 Å². The molecule has 1 N–H and O–H groups in total. The Balaban J connectivity index is 2.28. The largest absolute Gasteiger partial charge is 0.370 e. The third-order valence-corrected chi connectivity index (χ3v) is 3.94. The van der Waals surface area contributed by atoms with Gasteiger partial charge in [-0.1, -0.05) is 30.3 Å². The molecule has 1 heterocycles. The molecule has 0 bridgehead atoms. The van der Waals surface area contributed by atoms with E-state index in [-0.39, 0.29) is 0 Å². The van der Waals surface area contributed by atoms with Gasteiger partial charge in [0.05, 0.1) is 0 Å². The Hall–Kier alpha value is -1.26. The lowest BCUT2D eigenvalue weighted by atomic mass is 10.2. The fourth-order valence-electron chi connectivity index (χ4n) is 1.74. The molecular weight excluding hydrogens is 278 g/mol. The molecule has 0 saturated carbocycles. The minimum atomic E-state index is 0.746. The van der Waals surface area contributed by atoms with E-state index in [0.29, 0.717) is 0 Å². The molecule has 3 nitrogen and oxygen atoms in total. The summed E-state index contributed by atoms with van der Waals surface area (Å²) < 4.78 is 0. The average molecular weight is 294 g/mol. The summed E-state index contributed by atoms with van der Waals surface area (Å²) in [5.41, 5.74) is 1.16. The molecule has 0 aliphatic carbocycles. The van der Waals surface area contributed by atoms with E-state index < -0.39 is 0 Å². The van der Waals surface area contributed by atoms with E-state index in [9.17, 15) is 0 Å². The Labute approximate surface area is 122 Å². The number of nitrogens with zero attached hydrogens (tertiary/aromatic N) is 2. The molecule has 0 aliphatic rings. The zero-order valence-corrected chi connectivity index (χ0v) is 12.6. The van der Waals surface area contributed by atoms with Gasteiger partial charge in [-0.15, -0.1) is 0 Å². The van der Waals surface area contributed by atoms with E-state index in [2.05, 4.69) is 29.1 Å². The number of halogens is 1. The summed E-state index contributed by atoms with van der Waals surface area (Å²) in [5, 5.41) is 5.02. The van der Waals surface area contributed by atoms with Gasteiger partial charge in [0.2, 0.25) is 0 Å². The molecular formula is C14H16ClN3S. The maximum atomic E-state index is 5.89. The van der Waals surface area contributed by atoms with Crippen LogP contribution in [0.1, 0.15) is 19.4 Å². The van der Waals surface area contributed by atoms with Crippen LogP contribution in [0, 0.1) is 0 Å². The van der Waals surface area contributed by atoms with Crippen molar-refractivity contribution in [1.29, 1.82) is 0 Å². The highest BCUT2D eigenvalue weighted by Gasteiger charge is 2.10. The van der Waals surface area contributed by atoms with Crippen LogP contribution in [0.15, 0.2) is 40.5 Å². The van der Waals surface area contributed by atoms with Crippen molar-refractivity contribution in [3.05, 3.63) is 41.2 Å². The van der Waals surface area contributed by atoms with Crippen molar-refractivity contribution in [2.45, 2.75) is 30.2 Å². The fourth-order valence-corrected chi connectivity index (χ4v) is 2.82. The van der Waals surface area contributed by atoms with Gasteiger partial charge in [-0.2, -0.15) is 0 Å². The Morgan fingerprint density at radius 1 is 1.16 bits per heavy atom. The standard InChI is InChI=1S/C14H16ClN3S/c1-3-12-13(16-4-2)17-9-18-14(12)19-11-7-5-10(15)6-8-11/h5-9H,3-4H2,1-2H3,(H,16,17,18). The van der Waals surface area contributed by atoms with Crippen LogP contribution in [-0.4, -0.2) is 16.5 Å². The second kappa shape index (κ2) is 6.78. The zero-order valence-electron chi connectivity index (χ0n) is 11.0. The lowest BCUT2D eigenvalue weighted by molar-refractivity contribution is 0.937. The second-order valence-corrected chi connectivity index (χ2v) is 5.44. The quantitative estimate of drug-likeness (QED) is 0.835. The summed E-state index contributed by atoms with van der Waals surface area (Å²) >= 11 is 7.53. The van der Waals surface area contributed by atoms with Crippen molar-refractivity contribution in [2.75, 3.05) is 11.9 Å². The van der Waals surface area contributed by atoms with Gasteiger partial charge < -0.3 is 5.32 Å². The van der Waals surface area contributed by atoms with E-state index in [1.807, 2.05) is 24.3 Å². The van der Waals surface area contributed by atoms with E-state index in [1.54, 1.807) is 18.1 Å². The normalized spacial score (nSPS) is 10.5. The van der Waals surface area contributed by atoms with Crippen LogP contribution in [0.2, 0.25) is 5.02 Å². The van der Waals surface area contributed by atoms with Crippen LogP contribution >= 0.6 is 23.4 Å². The maximum absolute atomic E-state index is 5.89. The smallest absolute Gasteiger partial charge is 0.133 e. The van der Waals surface area contributed by atoms with Crippen LogP contribution in [0.3, 0.4) is 0 Å². The number of aromatic nitrogens is 2. The minimum absolute atomic E-state index is 0.746. The van der Waals surface area contributed by atoms with E-state index in [0.717, 1.165) is 39.3 Å². The summed E-state index contributed by atoms with van der Waals surface area (Å²) in [6, 6.07) is 7.78. The number of benzene rings is 1. The monoisotopic (exact) mass is 293 g/mol. The first-order chi connectivity index (χ1) is 9.24. The number of hydrogen-bond acceptors (Lipinski definition) is 4. The number of anilines is 1. The van der Waals surface area contributed by atoms with Gasteiger partial charge in [-0.25, -0.2) is 9.97 Å². The van der Waals surface area contributed by atoms with Gasteiger partial charge >= 0.3 is 0 Å². The molecule has 19 heavy (non-hydrogen) atoms. The van der Waals surface area contributed by atoms with Crippen LogP contribution < -0.4 is 5.32 Å². The Morgan fingerprint density at radius 2 is 1.89 bits per heavy atom. The molecule has 0 radical (unpaired) electrons. The number of nitrogens with one attached hydrogen (secondary N) is 1. The second-order valence-electron chi connectivity index (χ2n) is 3.95. The van der Waals surface area contributed by atoms with Crippen molar-refractivity contribution in [3.63, 3.8) is 0 Å². The fraction of sp³-hybridized carbons (Fsp3) is 0.286. The molecule has 0 spiro atoms. The third kappa shape index (κ3) is 3.61. The summed E-state index contributed by atoms with van der Waals surface area (Å²) in [5.74, 6) is 0.927. The summed E-state index contributed by atoms with van der Waals surface area (Å²) in [6.45, 7) is 5.04. The van der Waals surface area contributed by atoms with Crippen molar-refractivity contribution in [2.24, 2.45) is 0 Å². The summed E-state index contributed by atoms with van der Waals surface area (Å²) in [4.78, 5) is 9.81. The van der Waals surface area contributed by atoms with Gasteiger partial charge in [0.25, 0.3) is 0 Å². The lowest BCUT2D eigenvalue weighted by Crippen LogP contribution is -2.05. The maximum Gasteiger partial charge on any atom is 0.133 e. The zero-order chi connectivity index (χ0) is 13.7. The van der Waals surface area contributed by atoms with Crippen LogP contribution in [0.5, 0.6) is 0 Å². The summed E-state index contributed by atoms with van der Waals surface area (Å²) in [6.07, 6.45) is 2.51. The van der Waals surface area contributed by atoms with Gasteiger partial charge in [-0.3, -0.25) is 0 Å². The molecule has 2 aromatic rings. The Bertz CT molecular complexity index is 543. The average Bonchev–Trinajstić information content (AvgIpc) is 2.42. The molecule has 0 saturated heterocycles. The van der Waals surface area contributed by atoms with E-state index >= 15 is 0 Å². The number of rotatable bonds is 5.